The quantitative estimate of drug-likeness (QED) is 0.726. The summed E-state index contributed by atoms with van der Waals surface area (Å²) in [7, 11) is 0. The molecule has 0 spiro atoms. The molecule has 1 heterocycles. The lowest BCUT2D eigenvalue weighted by Gasteiger charge is -2.25. The van der Waals surface area contributed by atoms with E-state index in [1.54, 1.807) is 11.8 Å². The Balaban J connectivity index is 2.52. The number of nitrogens with one attached hydrogen (secondary N) is 2. The van der Waals surface area contributed by atoms with Crippen LogP contribution in [0.5, 0.6) is 0 Å². The molecule has 2 N–H and O–H groups in total. The van der Waals surface area contributed by atoms with Gasteiger partial charge in [0.2, 0.25) is 11.8 Å². The third-order valence-corrected chi connectivity index (χ3v) is 3.16. The molecule has 2 unspecified atom stereocenters. The Morgan fingerprint density at radius 3 is 2.67 bits per heavy atom. The molecule has 5 nitrogen and oxygen atoms in total. The summed E-state index contributed by atoms with van der Waals surface area (Å²) in [5.41, 5.74) is 0. The van der Waals surface area contributed by atoms with Crippen molar-refractivity contribution in [2.45, 2.75) is 58.7 Å². The van der Waals surface area contributed by atoms with E-state index in [9.17, 15) is 9.59 Å². The van der Waals surface area contributed by atoms with Gasteiger partial charge in [-0.3, -0.25) is 9.59 Å². The lowest BCUT2D eigenvalue weighted by atomic mass is 10.2. The summed E-state index contributed by atoms with van der Waals surface area (Å²) in [5.74, 6) is -0.0238. The zero-order valence-electron chi connectivity index (χ0n) is 11.8. The maximum atomic E-state index is 12.1. The molecule has 0 radical (unpaired) electrons. The number of nitrogens with zero attached hydrogens (tertiary/aromatic N) is 1. The minimum atomic E-state index is -0.381. The lowest BCUT2D eigenvalue weighted by molar-refractivity contribution is -0.138. The van der Waals surface area contributed by atoms with Crippen molar-refractivity contribution in [3.05, 3.63) is 0 Å². The standard InChI is InChI=1S/C13H25N3O2/c1-5-7-14-11-6-8-16(13(11)18)10(4)12(17)15-9(2)3/h9-11,14H,5-8H2,1-4H3,(H,15,17). The average molecular weight is 255 g/mol. The number of carbonyl (C=O) groups is 2. The summed E-state index contributed by atoms with van der Waals surface area (Å²) in [4.78, 5) is 25.7. The van der Waals surface area contributed by atoms with Crippen molar-refractivity contribution in [2.75, 3.05) is 13.1 Å². The summed E-state index contributed by atoms with van der Waals surface area (Å²) < 4.78 is 0. The lowest BCUT2D eigenvalue weighted by Crippen LogP contribution is -2.49. The third kappa shape index (κ3) is 3.70. The van der Waals surface area contributed by atoms with Gasteiger partial charge in [-0.05, 0) is 40.2 Å². The van der Waals surface area contributed by atoms with E-state index >= 15 is 0 Å². The smallest absolute Gasteiger partial charge is 0.242 e. The number of hydrogen-bond donors (Lipinski definition) is 2. The van der Waals surface area contributed by atoms with E-state index in [4.69, 9.17) is 0 Å². The minimum absolute atomic E-state index is 0.0508. The maximum Gasteiger partial charge on any atom is 0.242 e. The largest absolute Gasteiger partial charge is 0.352 e. The Bertz CT molecular complexity index is 305. The van der Waals surface area contributed by atoms with Crippen LogP contribution in [0, 0.1) is 0 Å². The highest BCUT2D eigenvalue weighted by molar-refractivity contribution is 5.91. The van der Waals surface area contributed by atoms with Crippen LogP contribution in [0.2, 0.25) is 0 Å². The van der Waals surface area contributed by atoms with Crippen molar-refractivity contribution in [1.82, 2.24) is 15.5 Å². The Morgan fingerprint density at radius 1 is 1.44 bits per heavy atom. The van der Waals surface area contributed by atoms with Gasteiger partial charge in [0.15, 0.2) is 0 Å². The first-order chi connectivity index (χ1) is 8.47. The summed E-state index contributed by atoms with van der Waals surface area (Å²) in [6.45, 7) is 9.20. The van der Waals surface area contributed by atoms with Crippen LogP contribution in [0.25, 0.3) is 0 Å². The predicted molar refractivity (Wildman–Crippen MR) is 71.2 cm³/mol. The van der Waals surface area contributed by atoms with Gasteiger partial charge in [0.1, 0.15) is 6.04 Å². The van der Waals surface area contributed by atoms with E-state index in [0.717, 1.165) is 19.4 Å². The molecule has 1 saturated heterocycles. The number of amides is 2. The first-order valence-electron chi connectivity index (χ1n) is 6.81. The van der Waals surface area contributed by atoms with Gasteiger partial charge in [-0.2, -0.15) is 0 Å². The first kappa shape index (κ1) is 15.0. The molecule has 1 aliphatic heterocycles. The number of hydrogen-bond acceptors (Lipinski definition) is 3. The highest BCUT2D eigenvalue weighted by atomic mass is 16.2. The second-order valence-electron chi connectivity index (χ2n) is 5.17. The Labute approximate surface area is 109 Å². The van der Waals surface area contributed by atoms with E-state index in [2.05, 4.69) is 17.6 Å². The van der Waals surface area contributed by atoms with Crippen LogP contribution < -0.4 is 10.6 Å². The SMILES string of the molecule is CCCNC1CCN(C(C)C(=O)NC(C)C)C1=O. The summed E-state index contributed by atoms with van der Waals surface area (Å²) >= 11 is 0. The van der Waals surface area contributed by atoms with Gasteiger partial charge < -0.3 is 15.5 Å². The zero-order chi connectivity index (χ0) is 13.7. The average Bonchev–Trinajstić information content (AvgIpc) is 2.66. The van der Waals surface area contributed by atoms with Gasteiger partial charge in [0.25, 0.3) is 0 Å². The number of rotatable bonds is 6. The van der Waals surface area contributed by atoms with Crippen LogP contribution in [-0.4, -0.2) is 47.9 Å². The van der Waals surface area contributed by atoms with Gasteiger partial charge in [-0.1, -0.05) is 6.92 Å². The van der Waals surface area contributed by atoms with Crippen molar-refractivity contribution in [3.8, 4) is 0 Å². The minimum Gasteiger partial charge on any atom is -0.352 e. The molecule has 1 rings (SSSR count). The van der Waals surface area contributed by atoms with Crippen molar-refractivity contribution in [3.63, 3.8) is 0 Å². The molecular weight excluding hydrogens is 230 g/mol. The molecule has 0 aliphatic carbocycles. The van der Waals surface area contributed by atoms with Gasteiger partial charge in [0.05, 0.1) is 6.04 Å². The summed E-state index contributed by atoms with van der Waals surface area (Å²) in [6.07, 6.45) is 1.80. The Morgan fingerprint density at radius 2 is 2.11 bits per heavy atom. The summed E-state index contributed by atoms with van der Waals surface area (Å²) in [5, 5.41) is 6.07. The number of likely N-dealkylation sites (tertiary alicyclic amines) is 1. The molecule has 1 aliphatic rings. The molecule has 104 valence electrons. The molecule has 0 saturated carbocycles. The van der Waals surface area contributed by atoms with Crippen molar-refractivity contribution >= 4 is 11.8 Å². The molecule has 0 bridgehead atoms. The van der Waals surface area contributed by atoms with Crippen LogP contribution in [-0.2, 0) is 9.59 Å². The summed E-state index contributed by atoms with van der Waals surface area (Å²) in [6, 6.07) is -0.390. The van der Waals surface area contributed by atoms with Gasteiger partial charge >= 0.3 is 0 Å². The van der Waals surface area contributed by atoms with E-state index in [1.165, 1.54) is 0 Å². The monoisotopic (exact) mass is 255 g/mol. The molecule has 5 heteroatoms. The molecule has 0 aromatic carbocycles. The molecule has 1 fully saturated rings. The van der Waals surface area contributed by atoms with Crippen LogP contribution >= 0.6 is 0 Å². The highest BCUT2D eigenvalue weighted by Gasteiger charge is 2.36. The zero-order valence-corrected chi connectivity index (χ0v) is 11.8. The Hall–Kier alpha value is -1.10. The van der Waals surface area contributed by atoms with Crippen LogP contribution in [0.4, 0.5) is 0 Å². The van der Waals surface area contributed by atoms with Gasteiger partial charge in [-0.25, -0.2) is 0 Å². The van der Waals surface area contributed by atoms with Gasteiger partial charge in [-0.15, -0.1) is 0 Å². The van der Waals surface area contributed by atoms with Gasteiger partial charge in [0, 0.05) is 12.6 Å². The van der Waals surface area contributed by atoms with E-state index in [0.29, 0.717) is 6.54 Å². The van der Waals surface area contributed by atoms with Crippen LogP contribution in [0.1, 0.15) is 40.5 Å². The number of carbonyl (C=O) groups excluding carboxylic acids is 2. The molecule has 0 aromatic rings. The molecular formula is C13H25N3O2. The fraction of sp³-hybridized carbons (Fsp3) is 0.846. The second kappa shape index (κ2) is 6.73. The van der Waals surface area contributed by atoms with Crippen molar-refractivity contribution in [2.24, 2.45) is 0 Å². The first-order valence-corrected chi connectivity index (χ1v) is 6.81. The topological polar surface area (TPSA) is 61.4 Å². The fourth-order valence-corrected chi connectivity index (χ4v) is 2.14. The van der Waals surface area contributed by atoms with E-state index < -0.39 is 0 Å². The maximum absolute atomic E-state index is 12.1. The Kier molecular flexibility index (Phi) is 5.59. The molecule has 2 amide bonds. The fourth-order valence-electron chi connectivity index (χ4n) is 2.14. The van der Waals surface area contributed by atoms with Crippen molar-refractivity contribution < 1.29 is 9.59 Å². The van der Waals surface area contributed by atoms with Crippen LogP contribution in [0.15, 0.2) is 0 Å². The predicted octanol–water partition coefficient (Wildman–Crippen LogP) is 0.500. The normalized spacial score (nSPS) is 21.5. The van der Waals surface area contributed by atoms with E-state index in [-0.39, 0.29) is 29.9 Å². The highest BCUT2D eigenvalue weighted by Crippen LogP contribution is 2.14. The third-order valence-electron chi connectivity index (χ3n) is 3.16. The molecule has 18 heavy (non-hydrogen) atoms. The molecule has 2 atom stereocenters. The van der Waals surface area contributed by atoms with Crippen LogP contribution in [0.3, 0.4) is 0 Å². The molecule has 0 aromatic heterocycles. The second-order valence-corrected chi connectivity index (χ2v) is 5.17. The van der Waals surface area contributed by atoms with Crippen molar-refractivity contribution in [1.29, 1.82) is 0 Å². The van der Waals surface area contributed by atoms with E-state index in [1.807, 2.05) is 13.8 Å².